The maximum Gasteiger partial charge on any atom is 0.330 e. The minimum atomic E-state index is -0.452. The largest absolute Gasteiger partial charge is 0.376 e. The van der Waals surface area contributed by atoms with Crippen LogP contribution in [0, 0.1) is 0 Å². The third-order valence-corrected chi connectivity index (χ3v) is 5.59. The van der Waals surface area contributed by atoms with Crippen LogP contribution in [0.15, 0.2) is 76.4 Å². The predicted molar refractivity (Wildman–Crippen MR) is 116 cm³/mol. The summed E-state index contributed by atoms with van der Waals surface area (Å²) >= 11 is 0. The van der Waals surface area contributed by atoms with E-state index in [1.165, 1.54) is 4.57 Å². The molecule has 2 aromatic heterocycles. The predicted octanol–water partition coefficient (Wildman–Crippen LogP) is 3.60. The molecule has 3 heterocycles. The molecule has 30 heavy (non-hydrogen) atoms. The molecule has 150 valence electrons. The molecule has 0 aliphatic carbocycles. The molecular formula is C24H21N3O3. The summed E-state index contributed by atoms with van der Waals surface area (Å²) in [6, 6.07) is 20.0. The van der Waals surface area contributed by atoms with Crippen LogP contribution in [0.2, 0.25) is 0 Å². The number of pyridine rings is 1. The van der Waals surface area contributed by atoms with E-state index in [0.29, 0.717) is 24.2 Å². The molecule has 1 aliphatic rings. The van der Waals surface area contributed by atoms with Crippen LogP contribution >= 0.6 is 0 Å². The number of hydrogen-bond acceptors (Lipinski definition) is 4. The van der Waals surface area contributed by atoms with Crippen molar-refractivity contribution in [2.45, 2.75) is 25.5 Å². The fourth-order valence-corrected chi connectivity index (χ4v) is 4.08. The van der Waals surface area contributed by atoms with Gasteiger partial charge in [0.15, 0.2) is 0 Å². The lowest BCUT2D eigenvalue weighted by Crippen LogP contribution is -2.34. The highest BCUT2D eigenvalue weighted by Gasteiger charge is 2.20. The number of H-pyrrole nitrogens is 1. The Hall–Kier alpha value is -3.51. The van der Waals surface area contributed by atoms with E-state index < -0.39 is 11.2 Å². The van der Waals surface area contributed by atoms with E-state index in [0.717, 1.165) is 35.1 Å². The molecule has 1 atom stereocenters. The molecule has 4 aromatic rings. The zero-order chi connectivity index (χ0) is 20.5. The van der Waals surface area contributed by atoms with E-state index in [4.69, 9.17) is 4.74 Å². The number of nitrogens with zero attached hydrogens (tertiary/aromatic N) is 2. The Bertz CT molecular complexity index is 1300. The average Bonchev–Trinajstić information content (AvgIpc) is 3.30. The summed E-state index contributed by atoms with van der Waals surface area (Å²) in [4.78, 5) is 32.1. The van der Waals surface area contributed by atoms with Gasteiger partial charge in [0.05, 0.1) is 18.0 Å². The smallest absolute Gasteiger partial charge is 0.330 e. The third kappa shape index (κ3) is 3.35. The van der Waals surface area contributed by atoms with Crippen LogP contribution in [-0.4, -0.2) is 27.2 Å². The van der Waals surface area contributed by atoms with Crippen molar-refractivity contribution in [2.75, 3.05) is 6.61 Å². The van der Waals surface area contributed by atoms with Gasteiger partial charge < -0.3 is 4.74 Å². The van der Waals surface area contributed by atoms with Crippen molar-refractivity contribution in [3.8, 4) is 22.3 Å². The molecule has 1 aliphatic heterocycles. The Labute approximate surface area is 172 Å². The van der Waals surface area contributed by atoms with Gasteiger partial charge in [-0.25, -0.2) is 9.78 Å². The number of nitrogens with one attached hydrogen (secondary N) is 1. The van der Waals surface area contributed by atoms with E-state index in [1.54, 1.807) is 6.20 Å². The number of fused-ring (bicyclic) bond motifs is 1. The van der Waals surface area contributed by atoms with Gasteiger partial charge in [0.1, 0.15) is 5.65 Å². The van der Waals surface area contributed by atoms with Gasteiger partial charge in [-0.1, -0.05) is 54.6 Å². The highest BCUT2D eigenvalue weighted by molar-refractivity contribution is 5.92. The first-order valence-electron chi connectivity index (χ1n) is 10.1. The van der Waals surface area contributed by atoms with Crippen molar-refractivity contribution in [1.29, 1.82) is 0 Å². The standard InChI is InChI=1S/C24H21N3O3/c28-23-21-20(18-10-8-17(9-11-18)16-5-2-1-3-6-16)12-13-25-22(21)27(24(29)26-23)15-19-7-4-14-30-19/h1-3,5-6,8-13,19H,4,7,14-15H2,(H,26,28,29)/t19-/m0/s1. The molecule has 0 unspecified atom stereocenters. The molecule has 1 saturated heterocycles. The van der Waals surface area contributed by atoms with Crippen LogP contribution < -0.4 is 11.2 Å². The fraction of sp³-hybridized carbons (Fsp3) is 0.208. The van der Waals surface area contributed by atoms with Gasteiger partial charge in [0.25, 0.3) is 5.56 Å². The highest BCUT2D eigenvalue weighted by Crippen LogP contribution is 2.28. The summed E-state index contributed by atoms with van der Waals surface area (Å²) in [6.07, 6.45) is 3.49. The van der Waals surface area contributed by atoms with Crippen LogP contribution in [0.3, 0.4) is 0 Å². The molecule has 6 nitrogen and oxygen atoms in total. The molecule has 0 saturated carbocycles. The van der Waals surface area contributed by atoms with E-state index in [2.05, 4.69) is 22.1 Å². The second-order valence-corrected chi connectivity index (χ2v) is 7.51. The Morgan fingerprint density at radius 2 is 1.70 bits per heavy atom. The molecule has 0 bridgehead atoms. The number of rotatable bonds is 4. The second kappa shape index (κ2) is 7.72. The maximum absolute atomic E-state index is 12.7. The number of aromatic amines is 1. The van der Waals surface area contributed by atoms with Gasteiger partial charge in [-0.2, -0.15) is 0 Å². The number of benzene rings is 2. The molecule has 0 radical (unpaired) electrons. The minimum Gasteiger partial charge on any atom is -0.376 e. The van der Waals surface area contributed by atoms with Crippen molar-refractivity contribution >= 4 is 11.0 Å². The van der Waals surface area contributed by atoms with Gasteiger partial charge >= 0.3 is 5.69 Å². The lowest BCUT2D eigenvalue weighted by molar-refractivity contribution is 0.0967. The molecule has 0 spiro atoms. The number of aromatic nitrogens is 3. The van der Waals surface area contributed by atoms with Crippen LogP contribution in [0.25, 0.3) is 33.3 Å². The quantitative estimate of drug-likeness (QED) is 0.569. The summed E-state index contributed by atoms with van der Waals surface area (Å²) in [7, 11) is 0. The third-order valence-electron chi connectivity index (χ3n) is 5.59. The lowest BCUT2D eigenvalue weighted by atomic mass is 9.99. The zero-order valence-corrected chi connectivity index (χ0v) is 16.4. The molecule has 0 amide bonds. The molecule has 6 heteroatoms. The van der Waals surface area contributed by atoms with E-state index >= 15 is 0 Å². The first-order valence-corrected chi connectivity index (χ1v) is 10.1. The highest BCUT2D eigenvalue weighted by atomic mass is 16.5. The van der Waals surface area contributed by atoms with Crippen molar-refractivity contribution < 1.29 is 4.74 Å². The Balaban J connectivity index is 1.61. The summed E-state index contributed by atoms with van der Waals surface area (Å²) < 4.78 is 7.20. The molecular weight excluding hydrogens is 378 g/mol. The van der Waals surface area contributed by atoms with Gasteiger partial charge in [-0.15, -0.1) is 0 Å². The summed E-state index contributed by atoms with van der Waals surface area (Å²) in [5, 5.41) is 0.419. The summed E-state index contributed by atoms with van der Waals surface area (Å²) in [5.74, 6) is 0. The SMILES string of the molecule is O=c1[nH]c(=O)n(C[C@@H]2CCCO2)c2nccc(-c3ccc(-c4ccccc4)cc3)c12. The van der Waals surface area contributed by atoms with Crippen LogP contribution in [0.4, 0.5) is 0 Å². The van der Waals surface area contributed by atoms with Crippen molar-refractivity contribution in [3.05, 3.63) is 87.7 Å². The normalized spacial score (nSPS) is 16.2. The van der Waals surface area contributed by atoms with E-state index in [-0.39, 0.29) is 6.10 Å². The first-order chi connectivity index (χ1) is 14.7. The lowest BCUT2D eigenvalue weighted by Gasteiger charge is -2.14. The minimum absolute atomic E-state index is 0.0348. The Morgan fingerprint density at radius 3 is 2.43 bits per heavy atom. The Kier molecular flexibility index (Phi) is 4.77. The fourth-order valence-electron chi connectivity index (χ4n) is 4.08. The first kappa shape index (κ1) is 18.5. The van der Waals surface area contributed by atoms with Crippen molar-refractivity contribution in [1.82, 2.24) is 14.5 Å². The molecule has 1 fully saturated rings. The van der Waals surface area contributed by atoms with Crippen molar-refractivity contribution in [2.24, 2.45) is 0 Å². The molecule has 5 rings (SSSR count). The number of hydrogen-bond donors (Lipinski definition) is 1. The van der Waals surface area contributed by atoms with Crippen molar-refractivity contribution in [3.63, 3.8) is 0 Å². The molecule has 1 N–H and O–H groups in total. The van der Waals surface area contributed by atoms with E-state index in [9.17, 15) is 9.59 Å². The van der Waals surface area contributed by atoms with E-state index in [1.807, 2.05) is 48.5 Å². The number of ether oxygens (including phenoxy) is 1. The van der Waals surface area contributed by atoms with Gasteiger partial charge in [0, 0.05) is 12.8 Å². The van der Waals surface area contributed by atoms with Crippen LogP contribution in [0.1, 0.15) is 12.8 Å². The van der Waals surface area contributed by atoms with Crippen LogP contribution in [-0.2, 0) is 11.3 Å². The van der Waals surface area contributed by atoms with Crippen LogP contribution in [0.5, 0.6) is 0 Å². The topological polar surface area (TPSA) is 77.0 Å². The maximum atomic E-state index is 12.7. The van der Waals surface area contributed by atoms with Gasteiger partial charge in [0.2, 0.25) is 0 Å². The summed E-state index contributed by atoms with van der Waals surface area (Å²) in [5.41, 5.74) is 3.40. The van der Waals surface area contributed by atoms with Gasteiger partial charge in [-0.05, 0) is 41.2 Å². The monoisotopic (exact) mass is 399 g/mol. The average molecular weight is 399 g/mol. The Morgan fingerprint density at radius 1 is 0.967 bits per heavy atom. The summed E-state index contributed by atoms with van der Waals surface area (Å²) in [6.45, 7) is 1.09. The van der Waals surface area contributed by atoms with Gasteiger partial charge in [-0.3, -0.25) is 14.3 Å². The second-order valence-electron chi connectivity index (χ2n) is 7.51. The zero-order valence-electron chi connectivity index (χ0n) is 16.4. The molecule has 2 aromatic carbocycles.